The quantitative estimate of drug-likeness (QED) is 0.586. The topological polar surface area (TPSA) is 113 Å². The maximum Gasteiger partial charge on any atom is 0.338 e. The molecule has 1 aromatic carbocycles. The van der Waals surface area contributed by atoms with Gasteiger partial charge in [0, 0.05) is 30.4 Å². The van der Waals surface area contributed by atoms with Gasteiger partial charge < -0.3 is 19.9 Å². The smallest absolute Gasteiger partial charge is 0.338 e. The van der Waals surface area contributed by atoms with Gasteiger partial charge in [0.1, 0.15) is 17.9 Å². The number of hydrogen-bond acceptors (Lipinski definition) is 9. The van der Waals surface area contributed by atoms with Gasteiger partial charge in [-0.15, -0.1) is 11.3 Å². The van der Waals surface area contributed by atoms with Gasteiger partial charge in [-0.25, -0.2) is 14.2 Å². The highest BCUT2D eigenvalue weighted by Gasteiger charge is 2.36. The molecule has 2 aromatic rings. The summed E-state index contributed by atoms with van der Waals surface area (Å²) in [5, 5.41) is 15.2. The van der Waals surface area contributed by atoms with Gasteiger partial charge in [-0.2, -0.15) is 0 Å². The number of carbonyl (C=O) groups is 2. The molecular weight excluding hydrogens is 451 g/mol. The normalized spacial score (nSPS) is 21.3. The summed E-state index contributed by atoms with van der Waals surface area (Å²) < 4.78 is 24.7. The first-order valence-corrected chi connectivity index (χ1v) is 11.3. The Balaban J connectivity index is 1.81. The number of hydrogen-bond donors (Lipinski definition) is 2. The molecule has 2 atom stereocenters. The molecule has 2 aliphatic rings. The fourth-order valence-corrected chi connectivity index (χ4v) is 4.38. The predicted octanol–water partition coefficient (Wildman–Crippen LogP) is 1.98. The molecule has 33 heavy (non-hydrogen) atoms. The molecule has 11 heteroatoms. The van der Waals surface area contributed by atoms with Crippen LogP contribution in [0.4, 0.5) is 4.39 Å². The Morgan fingerprint density at radius 3 is 2.97 bits per heavy atom. The number of rotatable bonds is 7. The number of aliphatic imine (C=N–C) groups is 1. The molecule has 0 radical (unpaired) electrons. The van der Waals surface area contributed by atoms with Gasteiger partial charge in [0.25, 0.3) is 0 Å². The third-order valence-electron chi connectivity index (χ3n) is 5.31. The molecule has 9 nitrogen and oxygen atoms in total. The monoisotopic (exact) mass is 474 g/mol. The minimum absolute atomic E-state index is 0.0398. The van der Waals surface area contributed by atoms with Crippen LogP contribution in [0.25, 0.3) is 0 Å². The summed E-state index contributed by atoms with van der Waals surface area (Å²) in [5.41, 5.74) is 1.12. The third kappa shape index (κ3) is 5.10. The maximum atomic E-state index is 14.1. The van der Waals surface area contributed by atoms with E-state index in [-0.39, 0.29) is 25.3 Å². The number of benzene rings is 1. The second kappa shape index (κ2) is 10.2. The molecule has 0 spiro atoms. The van der Waals surface area contributed by atoms with Crippen LogP contribution in [0.2, 0.25) is 0 Å². The van der Waals surface area contributed by atoms with Crippen molar-refractivity contribution < 1.29 is 28.6 Å². The van der Waals surface area contributed by atoms with Crippen molar-refractivity contribution in [3.05, 3.63) is 63.5 Å². The molecule has 0 saturated carbocycles. The molecule has 1 saturated heterocycles. The number of nitrogens with zero attached hydrogens (tertiary/aromatic N) is 3. The number of carboxylic acid groups (broad SMARTS) is 1. The van der Waals surface area contributed by atoms with Crippen molar-refractivity contribution in [3.8, 4) is 0 Å². The first-order valence-electron chi connectivity index (χ1n) is 10.4. The number of morpholine rings is 1. The van der Waals surface area contributed by atoms with E-state index in [0.29, 0.717) is 35.3 Å². The van der Waals surface area contributed by atoms with Gasteiger partial charge >= 0.3 is 11.9 Å². The van der Waals surface area contributed by atoms with E-state index in [9.17, 15) is 19.1 Å². The predicted molar refractivity (Wildman–Crippen MR) is 118 cm³/mol. The van der Waals surface area contributed by atoms with Gasteiger partial charge in [-0.05, 0) is 24.6 Å². The van der Waals surface area contributed by atoms with Crippen LogP contribution < -0.4 is 5.32 Å². The van der Waals surface area contributed by atoms with Crippen LogP contribution in [-0.4, -0.2) is 71.7 Å². The van der Waals surface area contributed by atoms with E-state index in [1.165, 1.54) is 23.5 Å². The average Bonchev–Trinajstić information content (AvgIpc) is 3.34. The molecule has 0 amide bonds. The summed E-state index contributed by atoms with van der Waals surface area (Å²) in [7, 11) is 0. The van der Waals surface area contributed by atoms with E-state index >= 15 is 0 Å². The van der Waals surface area contributed by atoms with Crippen LogP contribution in [0.5, 0.6) is 0 Å². The van der Waals surface area contributed by atoms with Crippen LogP contribution in [0.1, 0.15) is 23.5 Å². The summed E-state index contributed by atoms with van der Waals surface area (Å²) in [6.07, 6.45) is 1.63. The second-order valence-electron chi connectivity index (χ2n) is 7.41. The number of carboxylic acids is 1. The van der Waals surface area contributed by atoms with Crippen molar-refractivity contribution in [3.63, 3.8) is 0 Å². The van der Waals surface area contributed by atoms with Gasteiger partial charge in [0.05, 0.1) is 25.4 Å². The van der Waals surface area contributed by atoms with Crippen LogP contribution in [0.3, 0.4) is 0 Å². The molecule has 4 rings (SSSR count). The van der Waals surface area contributed by atoms with Crippen LogP contribution in [0.15, 0.2) is 52.1 Å². The first-order chi connectivity index (χ1) is 16.0. The molecule has 3 heterocycles. The zero-order valence-corrected chi connectivity index (χ0v) is 18.7. The van der Waals surface area contributed by atoms with Crippen molar-refractivity contribution in [2.45, 2.75) is 19.0 Å². The number of aliphatic carboxylic acids is 1. The lowest BCUT2D eigenvalue weighted by atomic mass is 9.95. The zero-order valence-electron chi connectivity index (χ0n) is 17.9. The summed E-state index contributed by atoms with van der Waals surface area (Å²) in [6.45, 7) is 2.73. The third-order valence-corrected chi connectivity index (χ3v) is 6.09. The van der Waals surface area contributed by atoms with Crippen molar-refractivity contribution in [2.75, 3.05) is 32.9 Å². The zero-order chi connectivity index (χ0) is 23.4. The molecule has 1 fully saturated rings. The number of amidine groups is 1. The highest BCUT2D eigenvalue weighted by molar-refractivity contribution is 7.11. The number of nitrogens with one attached hydrogen (secondary N) is 1. The van der Waals surface area contributed by atoms with E-state index < -0.39 is 29.8 Å². The number of esters is 1. The fraction of sp³-hybridized carbons (Fsp3) is 0.364. The van der Waals surface area contributed by atoms with Crippen molar-refractivity contribution in [1.29, 1.82) is 0 Å². The lowest BCUT2D eigenvalue weighted by molar-refractivity contribution is -0.149. The summed E-state index contributed by atoms with van der Waals surface area (Å²) >= 11 is 1.36. The van der Waals surface area contributed by atoms with Crippen LogP contribution >= 0.6 is 11.3 Å². The van der Waals surface area contributed by atoms with Crippen molar-refractivity contribution in [2.24, 2.45) is 4.99 Å². The Morgan fingerprint density at radius 2 is 2.27 bits per heavy atom. The molecule has 174 valence electrons. The minimum Gasteiger partial charge on any atom is -0.480 e. The molecular formula is C22H23FN4O5S. The van der Waals surface area contributed by atoms with E-state index in [2.05, 4.69) is 15.3 Å². The molecule has 2 aliphatic heterocycles. The second-order valence-corrected chi connectivity index (χ2v) is 8.30. The maximum absolute atomic E-state index is 14.1. The lowest BCUT2D eigenvalue weighted by Crippen LogP contribution is -2.52. The van der Waals surface area contributed by atoms with E-state index in [1.807, 2.05) is 0 Å². The Bertz CT molecular complexity index is 1090. The van der Waals surface area contributed by atoms with Crippen LogP contribution in [-0.2, 0) is 19.1 Å². The SMILES string of the molecule is CCOC(=O)C1=C(CN2CCOCC2C(=O)O)NC(c2nccs2)=NC1c1cccc(F)c1. The number of aromatic nitrogens is 1. The average molecular weight is 475 g/mol. The minimum atomic E-state index is -1.01. The molecule has 0 aliphatic carbocycles. The molecule has 0 bridgehead atoms. The summed E-state index contributed by atoms with van der Waals surface area (Å²) in [4.78, 5) is 35.6. The standard InChI is InChI=1S/C22H23FN4O5S/c1-2-32-22(30)17-15(11-27-7-8-31-12-16(27)21(28)29)25-19(20-24-6-9-33-20)26-18(17)13-4-3-5-14(23)10-13/h3-6,9-10,16,18H,2,7-8,11-12H2,1H3,(H,25,26)(H,28,29). The lowest BCUT2D eigenvalue weighted by Gasteiger charge is -2.35. The van der Waals surface area contributed by atoms with Gasteiger partial charge in [-0.3, -0.25) is 14.7 Å². The largest absolute Gasteiger partial charge is 0.480 e. The number of ether oxygens (including phenoxy) is 2. The molecule has 1 aromatic heterocycles. The molecule has 2 N–H and O–H groups in total. The number of thiazole rings is 1. The van der Waals surface area contributed by atoms with Crippen LogP contribution in [0, 0.1) is 5.82 Å². The first kappa shape index (κ1) is 23.0. The number of halogens is 1. The Labute approximate surface area is 193 Å². The van der Waals surface area contributed by atoms with Crippen molar-refractivity contribution in [1.82, 2.24) is 15.2 Å². The summed E-state index contributed by atoms with van der Waals surface area (Å²) in [5.74, 6) is -1.65. The Hall–Kier alpha value is -3.15. The van der Waals surface area contributed by atoms with Crippen molar-refractivity contribution >= 4 is 29.1 Å². The van der Waals surface area contributed by atoms with E-state index in [0.717, 1.165) is 0 Å². The van der Waals surface area contributed by atoms with Gasteiger partial charge in [0.2, 0.25) is 0 Å². The van der Waals surface area contributed by atoms with E-state index in [4.69, 9.17) is 9.47 Å². The highest BCUT2D eigenvalue weighted by Crippen LogP contribution is 2.33. The number of carbonyl (C=O) groups excluding carboxylic acids is 1. The van der Waals surface area contributed by atoms with Gasteiger partial charge in [0.15, 0.2) is 10.8 Å². The summed E-state index contributed by atoms with van der Waals surface area (Å²) in [6, 6.07) is 4.16. The highest BCUT2D eigenvalue weighted by atomic mass is 32.1. The van der Waals surface area contributed by atoms with Gasteiger partial charge in [-0.1, -0.05) is 12.1 Å². The Morgan fingerprint density at radius 1 is 1.42 bits per heavy atom. The van der Waals surface area contributed by atoms with E-state index in [1.54, 1.807) is 35.5 Å². The fourth-order valence-electron chi connectivity index (χ4n) is 3.79. The molecule has 2 unspecified atom stereocenters. The Kier molecular flexibility index (Phi) is 7.11.